The summed E-state index contributed by atoms with van der Waals surface area (Å²) in [6.45, 7) is 5.14. The number of ether oxygens (including phenoxy) is 1. The molecule has 3 aromatic carbocycles. The predicted molar refractivity (Wildman–Crippen MR) is 142 cm³/mol. The molecule has 0 radical (unpaired) electrons. The summed E-state index contributed by atoms with van der Waals surface area (Å²) in [6, 6.07) is 24.3. The van der Waals surface area contributed by atoms with E-state index in [1.54, 1.807) is 4.57 Å². The van der Waals surface area contributed by atoms with Crippen molar-refractivity contribution in [2.75, 3.05) is 11.9 Å². The number of nitrogens with zero attached hydrogens (tertiary/aromatic N) is 2. The number of aromatic nitrogens is 2. The fourth-order valence-corrected chi connectivity index (χ4v) is 4.60. The van der Waals surface area contributed by atoms with Crippen molar-refractivity contribution < 1.29 is 9.53 Å². The van der Waals surface area contributed by atoms with E-state index in [0.717, 1.165) is 17.7 Å². The van der Waals surface area contributed by atoms with E-state index in [4.69, 9.17) is 9.72 Å². The van der Waals surface area contributed by atoms with Gasteiger partial charge in [0.25, 0.3) is 11.5 Å². The lowest BCUT2D eigenvalue weighted by Crippen LogP contribution is -2.24. The molecule has 0 bridgehead atoms. The lowest BCUT2D eigenvalue weighted by Gasteiger charge is -2.14. The highest BCUT2D eigenvalue weighted by molar-refractivity contribution is 7.98. The zero-order valence-corrected chi connectivity index (χ0v) is 20.8. The summed E-state index contributed by atoms with van der Waals surface area (Å²) in [6.07, 6.45) is 0.893. The van der Waals surface area contributed by atoms with Gasteiger partial charge in [0.1, 0.15) is 0 Å². The molecule has 0 aliphatic carbocycles. The molecular formula is C28H29N3O3S. The van der Waals surface area contributed by atoms with Gasteiger partial charge in [-0.1, -0.05) is 54.2 Å². The molecule has 0 unspecified atom stereocenters. The Balaban J connectivity index is 1.47. The Morgan fingerprint density at radius 2 is 1.71 bits per heavy atom. The summed E-state index contributed by atoms with van der Waals surface area (Å²) in [7, 11) is 0. The molecule has 0 saturated carbocycles. The summed E-state index contributed by atoms with van der Waals surface area (Å²) >= 11 is 1.52. The van der Waals surface area contributed by atoms with Gasteiger partial charge in [0.2, 0.25) is 0 Å². The van der Waals surface area contributed by atoms with Crippen LogP contribution in [0.2, 0.25) is 0 Å². The first-order valence-corrected chi connectivity index (χ1v) is 12.7. The van der Waals surface area contributed by atoms with Crippen LogP contribution < -0.4 is 10.9 Å². The molecule has 1 amide bonds. The van der Waals surface area contributed by atoms with Gasteiger partial charge in [-0.15, -0.1) is 0 Å². The number of rotatable bonds is 10. The van der Waals surface area contributed by atoms with Gasteiger partial charge in [0, 0.05) is 30.2 Å². The molecule has 0 aliphatic rings. The number of para-hydroxylation sites is 2. The van der Waals surface area contributed by atoms with E-state index in [-0.39, 0.29) is 17.6 Å². The van der Waals surface area contributed by atoms with Crippen molar-refractivity contribution in [3.8, 4) is 0 Å². The Morgan fingerprint density at radius 3 is 2.46 bits per heavy atom. The summed E-state index contributed by atoms with van der Waals surface area (Å²) in [5, 5.41) is 4.20. The first-order valence-electron chi connectivity index (χ1n) is 11.7. The molecule has 6 nitrogen and oxygen atoms in total. The van der Waals surface area contributed by atoms with Gasteiger partial charge in [-0.05, 0) is 62.2 Å². The van der Waals surface area contributed by atoms with Crippen molar-refractivity contribution in [2.24, 2.45) is 0 Å². The van der Waals surface area contributed by atoms with Crippen molar-refractivity contribution in [2.45, 2.75) is 43.8 Å². The van der Waals surface area contributed by atoms with Crippen LogP contribution in [-0.2, 0) is 17.0 Å². The monoisotopic (exact) mass is 487 g/mol. The van der Waals surface area contributed by atoms with E-state index in [0.29, 0.717) is 40.5 Å². The SMILES string of the molecule is CC(C)OCCCn1c(SCc2ccc(C(=O)Nc3ccccc3)cc2)nc2ccccc2c1=O. The molecule has 35 heavy (non-hydrogen) atoms. The van der Waals surface area contributed by atoms with Crippen LogP contribution in [0.15, 0.2) is 88.8 Å². The third-order valence-corrected chi connectivity index (χ3v) is 6.47. The summed E-state index contributed by atoms with van der Waals surface area (Å²) in [4.78, 5) is 30.5. The fourth-order valence-electron chi connectivity index (χ4n) is 3.62. The molecule has 7 heteroatoms. The van der Waals surface area contributed by atoms with Crippen LogP contribution in [0.25, 0.3) is 10.9 Å². The highest BCUT2D eigenvalue weighted by atomic mass is 32.2. The summed E-state index contributed by atoms with van der Waals surface area (Å²) in [5.41, 5.74) is 3.06. The molecule has 0 saturated heterocycles. The highest BCUT2D eigenvalue weighted by Crippen LogP contribution is 2.23. The van der Waals surface area contributed by atoms with Crippen molar-refractivity contribution in [3.05, 3.63) is 100 Å². The van der Waals surface area contributed by atoms with Crippen molar-refractivity contribution in [1.82, 2.24) is 9.55 Å². The second-order valence-corrected chi connectivity index (χ2v) is 9.39. The third-order valence-electron chi connectivity index (χ3n) is 5.42. The summed E-state index contributed by atoms with van der Waals surface area (Å²) in [5.74, 6) is 0.484. The smallest absolute Gasteiger partial charge is 0.262 e. The van der Waals surface area contributed by atoms with Gasteiger partial charge in [-0.3, -0.25) is 14.2 Å². The van der Waals surface area contributed by atoms with Gasteiger partial charge in [0.05, 0.1) is 17.0 Å². The molecule has 0 fully saturated rings. The van der Waals surface area contributed by atoms with Crippen molar-refractivity contribution in [1.29, 1.82) is 0 Å². The number of carbonyl (C=O) groups is 1. The zero-order valence-electron chi connectivity index (χ0n) is 19.9. The van der Waals surface area contributed by atoms with Crippen LogP contribution in [0.4, 0.5) is 5.69 Å². The average molecular weight is 488 g/mol. The lowest BCUT2D eigenvalue weighted by atomic mass is 10.1. The van der Waals surface area contributed by atoms with Gasteiger partial charge in [-0.2, -0.15) is 0 Å². The number of nitrogens with one attached hydrogen (secondary N) is 1. The van der Waals surface area contributed by atoms with Gasteiger partial charge >= 0.3 is 0 Å². The van der Waals surface area contributed by atoms with Crippen LogP contribution >= 0.6 is 11.8 Å². The predicted octanol–water partition coefficient (Wildman–Crippen LogP) is 5.76. The van der Waals surface area contributed by atoms with E-state index >= 15 is 0 Å². The fraction of sp³-hybridized carbons (Fsp3) is 0.250. The molecular weight excluding hydrogens is 458 g/mol. The van der Waals surface area contributed by atoms with E-state index < -0.39 is 0 Å². The maximum atomic E-state index is 13.2. The van der Waals surface area contributed by atoms with Crippen LogP contribution in [0.3, 0.4) is 0 Å². The standard InChI is InChI=1S/C28H29N3O3S/c1-20(2)34-18-8-17-31-27(33)24-11-6-7-12-25(24)30-28(31)35-19-21-13-15-22(16-14-21)26(32)29-23-9-4-3-5-10-23/h3-7,9-16,20H,8,17-19H2,1-2H3,(H,29,32). The van der Waals surface area contributed by atoms with Gasteiger partial charge in [0.15, 0.2) is 5.16 Å². The third kappa shape index (κ3) is 6.59. The van der Waals surface area contributed by atoms with E-state index in [9.17, 15) is 9.59 Å². The van der Waals surface area contributed by atoms with Gasteiger partial charge in [-0.25, -0.2) is 4.98 Å². The summed E-state index contributed by atoms with van der Waals surface area (Å²) < 4.78 is 7.40. The number of fused-ring (bicyclic) bond motifs is 1. The van der Waals surface area contributed by atoms with Crippen LogP contribution in [0.1, 0.15) is 36.2 Å². The normalized spacial score (nSPS) is 11.2. The van der Waals surface area contributed by atoms with Crippen molar-refractivity contribution in [3.63, 3.8) is 0 Å². The Hall–Kier alpha value is -3.42. The van der Waals surface area contributed by atoms with Crippen LogP contribution in [0, 0.1) is 0 Å². The minimum absolute atomic E-state index is 0.0319. The molecule has 4 aromatic rings. The number of hydrogen-bond donors (Lipinski definition) is 1. The Kier molecular flexibility index (Phi) is 8.34. The first-order chi connectivity index (χ1) is 17.0. The van der Waals surface area contributed by atoms with Crippen LogP contribution in [-0.4, -0.2) is 28.2 Å². The number of carbonyl (C=O) groups excluding carboxylic acids is 1. The zero-order chi connectivity index (χ0) is 24.6. The molecule has 0 atom stereocenters. The minimum atomic E-state index is -0.149. The van der Waals surface area contributed by atoms with Crippen molar-refractivity contribution >= 4 is 34.3 Å². The lowest BCUT2D eigenvalue weighted by molar-refractivity contribution is 0.0743. The molecule has 1 heterocycles. The van der Waals surface area contributed by atoms with E-state index in [1.165, 1.54) is 11.8 Å². The average Bonchev–Trinajstić information content (AvgIpc) is 2.87. The minimum Gasteiger partial charge on any atom is -0.379 e. The largest absolute Gasteiger partial charge is 0.379 e. The maximum Gasteiger partial charge on any atom is 0.262 e. The Labute approximate surface area is 209 Å². The quantitative estimate of drug-likeness (QED) is 0.175. The second kappa shape index (κ2) is 11.8. The second-order valence-electron chi connectivity index (χ2n) is 8.45. The van der Waals surface area contributed by atoms with E-state index in [1.807, 2.05) is 92.7 Å². The molecule has 4 rings (SSSR count). The van der Waals surface area contributed by atoms with Gasteiger partial charge < -0.3 is 10.1 Å². The molecule has 0 spiro atoms. The maximum absolute atomic E-state index is 13.2. The van der Waals surface area contributed by atoms with Crippen LogP contribution in [0.5, 0.6) is 0 Å². The Bertz CT molecular complexity index is 1340. The number of thioether (sulfide) groups is 1. The van der Waals surface area contributed by atoms with E-state index in [2.05, 4.69) is 5.32 Å². The molecule has 1 N–H and O–H groups in total. The first kappa shape index (κ1) is 24.7. The molecule has 180 valence electrons. The number of amides is 1. The number of hydrogen-bond acceptors (Lipinski definition) is 5. The molecule has 0 aliphatic heterocycles. The Morgan fingerprint density at radius 1 is 1.00 bits per heavy atom. The number of anilines is 1. The highest BCUT2D eigenvalue weighted by Gasteiger charge is 2.12. The number of benzene rings is 3. The molecule has 1 aromatic heterocycles. The topological polar surface area (TPSA) is 73.2 Å².